The highest BCUT2D eigenvalue weighted by molar-refractivity contribution is 6.03. The van der Waals surface area contributed by atoms with Gasteiger partial charge in [-0.2, -0.15) is 0 Å². The fourth-order valence-corrected chi connectivity index (χ4v) is 4.25. The third kappa shape index (κ3) is 4.60. The topological polar surface area (TPSA) is 111 Å². The molecule has 8 nitrogen and oxygen atoms in total. The molecule has 0 radical (unpaired) electrons. The minimum atomic E-state index is -0.784. The number of aliphatic hydroxyl groups is 1. The van der Waals surface area contributed by atoms with E-state index in [0.717, 1.165) is 37.2 Å². The van der Waals surface area contributed by atoms with Crippen molar-refractivity contribution in [2.24, 2.45) is 0 Å². The second-order valence-electron chi connectivity index (χ2n) is 8.40. The Morgan fingerprint density at radius 2 is 1.85 bits per heavy atom. The number of rotatable bonds is 7. The first-order valence-corrected chi connectivity index (χ1v) is 11.1. The number of carbonyl (C=O) groups is 1. The van der Waals surface area contributed by atoms with Crippen molar-refractivity contribution < 1.29 is 18.7 Å². The molecule has 2 atom stereocenters. The standard InChI is InChI=1S/C24H24F2N6O2/c25-16-2-1-3-17(26)20(16)22-31-18-12-28-24(34)21(18)23(32-22)30-14-6-4-13(5-7-14)10-19(33)29-15-8-9-27-11-15/h1-7,15,19,27,29,33H,8-12H2,(H,28,34)(H,30,31,32)/t15-,19?/m1/s1. The van der Waals surface area contributed by atoms with E-state index >= 15 is 0 Å². The normalized spacial score (nSPS) is 18.0. The van der Waals surface area contributed by atoms with Crippen molar-refractivity contribution in [1.82, 2.24) is 25.9 Å². The van der Waals surface area contributed by atoms with Crippen LogP contribution in [-0.4, -0.2) is 46.3 Å². The molecule has 1 aromatic heterocycles. The molecular weight excluding hydrogens is 442 g/mol. The predicted molar refractivity (Wildman–Crippen MR) is 122 cm³/mol. The number of nitrogens with zero attached hydrogens (tertiary/aromatic N) is 2. The number of benzene rings is 2. The van der Waals surface area contributed by atoms with Crippen LogP contribution in [0.2, 0.25) is 0 Å². The number of aromatic nitrogens is 2. The Hall–Kier alpha value is -3.47. The molecule has 0 bridgehead atoms. The Morgan fingerprint density at radius 1 is 1.09 bits per heavy atom. The number of carbonyl (C=O) groups excluding carboxylic acids is 1. The zero-order valence-corrected chi connectivity index (χ0v) is 18.2. The summed E-state index contributed by atoms with van der Waals surface area (Å²) >= 11 is 0. The lowest BCUT2D eigenvalue weighted by Crippen LogP contribution is -2.40. The number of nitrogens with one attached hydrogen (secondary N) is 4. The predicted octanol–water partition coefficient (Wildman–Crippen LogP) is 2.22. The number of hydrogen-bond donors (Lipinski definition) is 5. The minimum Gasteiger partial charge on any atom is -0.378 e. The van der Waals surface area contributed by atoms with Gasteiger partial charge in [0.25, 0.3) is 5.91 Å². The first-order valence-electron chi connectivity index (χ1n) is 11.1. The van der Waals surface area contributed by atoms with Gasteiger partial charge < -0.3 is 21.1 Å². The highest BCUT2D eigenvalue weighted by Gasteiger charge is 2.28. The molecule has 10 heteroatoms. The molecule has 5 rings (SSSR count). The zero-order valence-electron chi connectivity index (χ0n) is 18.2. The molecule has 34 heavy (non-hydrogen) atoms. The Balaban J connectivity index is 1.37. The summed E-state index contributed by atoms with van der Waals surface area (Å²) in [5, 5.41) is 22.5. The van der Waals surface area contributed by atoms with Crippen molar-refractivity contribution in [2.75, 3.05) is 18.4 Å². The molecule has 0 aliphatic carbocycles. The number of fused-ring (bicyclic) bond motifs is 1. The first-order chi connectivity index (χ1) is 16.5. The molecular formula is C24H24F2N6O2. The molecule has 2 aromatic carbocycles. The number of hydrogen-bond acceptors (Lipinski definition) is 7. The summed E-state index contributed by atoms with van der Waals surface area (Å²) in [6, 6.07) is 11.1. The molecule has 0 spiro atoms. The molecule has 1 fully saturated rings. The van der Waals surface area contributed by atoms with Gasteiger partial charge in [0, 0.05) is 24.7 Å². The number of amides is 1. The number of halogens is 2. The van der Waals surface area contributed by atoms with Crippen LogP contribution in [0.1, 0.15) is 28.0 Å². The summed E-state index contributed by atoms with van der Waals surface area (Å²) in [6.07, 6.45) is 0.768. The quantitative estimate of drug-likeness (QED) is 0.340. The average Bonchev–Trinajstić information content (AvgIpc) is 3.45. The van der Waals surface area contributed by atoms with Crippen LogP contribution in [0, 0.1) is 11.6 Å². The summed E-state index contributed by atoms with van der Waals surface area (Å²) in [5.74, 6) is -1.90. The maximum Gasteiger partial charge on any atom is 0.257 e. The second kappa shape index (κ2) is 9.41. The third-order valence-electron chi connectivity index (χ3n) is 5.95. The van der Waals surface area contributed by atoms with Crippen molar-refractivity contribution in [2.45, 2.75) is 31.7 Å². The van der Waals surface area contributed by atoms with E-state index in [9.17, 15) is 18.7 Å². The minimum absolute atomic E-state index is 0.138. The molecule has 1 unspecified atom stereocenters. The summed E-state index contributed by atoms with van der Waals surface area (Å²) in [4.78, 5) is 20.9. The van der Waals surface area contributed by atoms with E-state index in [4.69, 9.17) is 0 Å². The van der Waals surface area contributed by atoms with Crippen LogP contribution in [0.4, 0.5) is 20.3 Å². The fraction of sp³-hybridized carbons (Fsp3) is 0.292. The van der Waals surface area contributed by atoms with Crippen molar-refractivity contribution in [3.63, 3.8) is 0 Å². The van der Waals surface area contributed by atoms with Gasteiger partial charge in [-0.05, 0) is 42.8 Å². The van der Waals surface area contributed by atoms with Gasteiger partial charge in [-0.25, -0.2) is 18.7 Å². The molecule has 5 N–H and O–H groups in total. The monoisotopic (exact) mass is 466 g/mol. The van der Waals surface area contributed by atoms with Gasteiger partial charge in [-0.15, -0.1) is 0 Å². The molecule has 176 valence electrons. The molecule has 2 aliphatic heterocycles. The largest absolute Gasteiger partial charge is 0.378 e. The van der Waals surface area contributed by atoms with Crippen molar-refractivity contribution in [3.05, 3.63) is 70.9 Å². The SMILES string of the molecule is O=C1NCc2nc(-c3c(F)cccc3F)nc(Nc3ccc(CC(O)N[C@@H]4CCNC4)cc3)c21. The molecule has 1 saturated heterocycles. The van der Waals surface area contributed by atoms with Gasteiger partial charge in [0.15, 0.2) is 5.82 Å². The van der Waals surface area contributed by atoms with Crippen LogP contribution >= 0.6 is 0 Å². The van der Waals surface area contributed by atoms with Crippen LogP contribution in [0.3, 0.4) is 0 Å². The van der Waals surface area contributed by atoms with Gasteiger partial charge in [-0.1, -0.05) is 18.2 Å². The lowest BCUT2D eigenvalue weighted by molar-refractivity contribution is 0.0966. The van der Waals surface area contributed by atoms with E-state index in [2.05, 4.69) is 31.2 Å². The third-order valence-corrected chi connectivity index (χ3v) is 5.95. The van der Waals surface area contributed by atoms with Crippen molar-refractivity contribution in [3.8, 4) is 11.4 Å². The van der Waals surface area contributed by atoms with Gasteiger partial charge in [0.2, 0.25) is 0 Å². The summed E-state index contributed by atoms with van der Waals surface area (Å²) in [7, 11) is 0. The van der Waals surface area contributed by atoms with Crippen LogP contribution in [0.15, 0.2) is 42.5 Å². The summed E-state index contributed by atoms with van der Waals surface area (Å²) < 4.78 is 28.7. The van der Waals surface area contributed by atoms with E-state index in [1.165, 1.54) is 6.07 Å². The summed E-state index contributed by atoms with van der Waals surface area (Å²) in [6.45, 7) is 1.94. The first kappa shape index (κ1) is 22.3. The smallest absolute Gasteiger partial charge is 0.257 e. The maximum atomic E-state index is 14.3. The molecule has 2 aliphatic rings. The van der Waals surface area contributed by atoms with Gasteiger partial charge >= 0.3 is 0 Å². The molecule has 0 saturated carbocycles. The Bertz CT molecular complexity index is 1190. The Kier molecular flexibility index (Phi) is 6.18. The highest BCUT2D eigenvalue weighted by atomic mass is 19.1. The Labute approximate surface area is 194 Å². The highest BCUT2D eigenvalue weighted by Crippen LogP contribution is 2.30. The molecule has 3 aromatic rings. The van der Waals surface area contributed by atoms with E-state index < -0.39 is 17.9 Å². The van der Waals surface area contributed by atoms with E-state index in [1.54, 1.807) is 12.1 Å². The fourth-order valence-electron chi connectivity index (χ4n) is 4.25. The van der Waals surface area contributed by atoms with E-state index in [-0.39, 0.29) is 41.3 Å². The second-order valence-corrected chi connectivity index (χ2v) is 8.40. The molecule has 3 heterocycles. The Morgan fingerprint density at radius 3 is 2.56 bits per heavy atom. The van der Waals surface area contributed by atoms with Crippen molar-refractivity contribution in [1.29, 1.82) is 0 Å². The number of aliphatic hydroxyl groups excluding tert-OH is 1. The zero-order chi connectivity index (χ0) is 23.7. The van der Waals surface area contributed by atoms with Crippen LogP contribution in [0.5, 0.6) is 0 Å². The summed E-state index contributed by atoms with van der Waals surface area (Å²) in [5.41, 5.74) is 1.83. The van der Waals surface area contributed by atoms with Crippen molar-refractivity contribution >= 4 is 17.4 Å². The van der Waals surface area contributed by atoms with E-state index in [0.29, 0.717) is 17.8 Å². The van der Waals surface area contributed by atoms with Gasteiger partial charge in [-0.3, -0.25) is 10.1 Å². The lowest BCUT2D eigenvalue weighted by atomic mass is 10.1. The van der Waals surface area contributed by atoms with Crippen LogP contribution in [0.25, 0.3) is 11.4 Å². The number of anilines is 2. The van der Waals surface area contributed by atoms with E-state index in [1.807, 2.05) is 12.1 Å². The average molecular weight is 466 g/mol. The van der Waals surface area contributed by atoms with Gasteiger partial charge in [0.1, 0.15) is 29.2 Å². The van der Waals surface area contributed by atoms with Gasteiger partial charge in [0.05, 0.1) is 17.8 Å². The maximum absolute atomic E-state index is 14.3. The van der Waals surface area contributed by atoms with Crippen LogP contribution < -0.4 is 21.3 Å². The van der Waals surface area contributed by atoms with Crippen LogP contribution in [-0.2, 0) is 13.0 Å². The molecule has 1 amide bonds. The lowest BCUT2D eigenvalue weighted by Gasteiger charge is -2.18.